The van der Waals surface area contributed by atoms with Crippen LogP contribution in [0.5, 0.6) is 0 Å². The molecular weight excluding hydrogens is 204 g/mol. The molecule has 0 spiro atoms. The quantitative estimate of drug-likeness (QED) is 0.615. The van der Waals surface area contributed by atoms with E-state index in [1.54, 1.807) is 6.92 Å². The standard InChI is InChI=1S/C13H18O3/c1-3-7-12(14)16-13(15)10(2)11-8-5-4-6-9-11/h4-6,8-10,12,14H,3,7H2,1-2H3. The summed E-state index contributed by atoms with van der Waals surface area (Å²) >= 11 is 0. The Morgan fingerprint density at radius 2 is 2.00 bits per heavy atom. The molecule has 0 fully saturated rings. The molecule has 16 heavy (non-hydrogen) atoms. The Hall–Kier alpha value is -1.35. The predicted molar refractivity (Wildman–Crippen MR) is 61.9 cm³/mol. The molecule has 0 radical (unpaired) electrons. The number of rotatable bonds is 5. The van der Waals surface area contributed by atoms with Crippen molar-refractivity contribution in [3.63, 3.8) is 0 Å². The number of aliphatic hydroxyl groups is 1. The molecule has 0 aliphatic carbocycles. The van der Waals surface area contributed by atoms with Crippen LogP contribution in [0.3, 0.4) is 0 Å². The lowest BCUT2D eigenvalue weighted by atomic mass is 10.0. The Morgan fingerprint density at radius 3 is 2.56 bits per heavy atom. The minimum Gasteiger partial charge on any atom is -0.436 e. The Bertz CT molecular complexity index is 321. The maximum Gasteiger partial charge on any atom is 0.315 e. The van der Waals surface area contributed by atoms with E-state index in [0.29, 0.717) is 6.42 Å². The molecule has 3 heteroatoms. The molecule has 88 valence electrons. The number of benzene rings is 1. The van der Waals surface area contributed by atoms with Gasteiger partial charge in [0.25, 0.3) is 0 Å². The highest BCUT2D eigenvalue weighted by molar-refractivity contribution is 5.77. The molecule has 0 saturated carbocycles. The van der Waals surface area contributed by atoms with Crippen molar-refractivity contribution >= 4 is 5.97 Å². The summed E-state index contributed by atoms with van der Waals surface area (Å²) in [5.74, 6) is -0.722. The van der Waals surface area contributed by atoms with Crippen LogP contribution in [0.25, 0.3) is 0 Å². The third-order valence-electron chi connectivity index (χ3n) is 2.44. The fourth-order valence-electron chi connectivity index (χ4n) is 1.42. The van der Waals surface area contributed by atoms with Crippen LogP contribution < -0.4 is 0 Å². The first-order valence-corrected chi connectivity index (χ1v) is 5.58. The summed E-state index contributed by atoms with van der Waals surface area (Å²) < 4.78 is 4.92. The third-order valence-corrected chi connectivity index (χ3v) is 2.44. The van der Waals surface area contributed by atoms with Crippen LogP contribution in [0, 0.1) is 0 Å². The number of hydrogen-bond acceptors (Lipinski definition) is 3. The summed E-state index contributed by atoms with van der Waals surface area (Å²) in [6, 6.07) is 9.40. The van der Waals surface area contributed by atoms with Crippen molar-refractivity contribution in [3.8, 4) is 0 Å². The molecule has 0 amide bonds. The maximum absolute atomic E-state index is 11.6. The lowest BCUT2D eigenvalue weighted by Gasteiger charge is -2.15. The van der Waals surface area contributed by atoms with Crippen molar-refractivity contribution in [1.29, 1.82) is 0 Å². The lowest BCUT2D eigenvalue weighted by Crippen LogP contribution is -2.21. The zero-order valence-corrected chi connectivity index (χ0v) is 9.72. The van der Waals surface area contributed by atoms with E-state index in [-0.39, 0.29) is 11.9 Å². The number of aliphatic hydroxyl groups excluding tert-OH is 1. The predicted octanol–water partition coefficient (Wildman–Crippen LogP) is 2.45. The zero-order valence-electron chi connectivity index (χ0n) is 9.72. The van der Waals surface area contributed by atoms with Gasteiger partial charge in [0.2, 0.25) is 6.29 Å². The third kappa shape index (κ3) is 3.66. The van der Waals surface area contributed by atoms with Gasteiger partial charge in [-0.25, -0.2) is 0 Å². The molecule has 1 rings (SSSR count). The summed E-state index contributed by atoms with van der Waals surface area (Å²) in [6.45, 7) is 3.70. The minimum absolute atomic E-state index is 0.340. The SMILES string of the molecule is CCCC(O)OC(=O)C(C)c1ccccc1. The Labute approximate surface area is 96.1 Å². The van der Waals surface area contributed by atoms with Crippen molar-refractivity contribution in [3.05, 3.63) is 35.9 Å². The molecule has 1 N–H and O–H groups in total. The van der Waals surface area contributed by atoms with Gasteiger partial charge in [0.1, 0.15) is 0 Å². The maximum atomic E-state index is 11.6. The van der Waals surface area contributed by atoms with Gasteiger partial charge in [-0.15, -0.1) is 0 Å². The largest absolute Gasteiger partial charge is 0.436 e. The first-order valence-electron chi connectivity index (χ1n) is 5.58. The van der Waals surface area contributed by atoms with E-state index in [2.05, 4.69) is 0 Å². The monoisotopic (exact) mass is 222 g/mol. The van der Waals surface area contributed by atoms with Gasteiger partial charge < -0.3 is 9.84 Å². The van der Waals surface area contributed by atoms with Gasteiger partial charge >= 0.3 is 5.97 Å². The molecular formula is C13H18O3. The molecule has 2 unspecified atom stereocenters. The zero-order chi connectivity index (χ0) is 12.0. The minimum atomic E-state index is -0.983. The summed E-state index contributed by atoms with van der Waals surface area (Å²) in [7, 11) is 0. The number of esters is 1. The van der Waals surface area contributed by atoms with Gasteiger partial charge in [0, 0.05) is 6.42 Å². The van der Waals surface area contributed by atoms with E-state index in [9.17, 15) is 9.90 Å². The van der Waals surface area contributed by atoms with E-state index >= 15 is 0 Å². The molecule has 1 aromatic carbocycles. The first kappa shape index (κ1) is 12.7. The number of ether oxygens (including phenoxy) is 1. The first-order chi connectivity index (χ1) is 7.65. The van der Waals surface area contributed by atoms with E-state index in [4.69, 9.17) is 4.74 Å². The van der Waals surface area contributed by atoms with Crippen LogP contribution >= 0.6 is 0 Å². The van der Waals surface area contributed by atoms with Crippen LogP contribution in [0.1, 0.15) is 38.2 Å². The molecule has 0 aliphatic heterocycles. The molecule has 0 aromatic heterocycles. The van der Waals surface area contributed by atoms with Crippen LogP contribution in [0.4, 0.5) is 0 Å². The van der Waals surface area contributed by atoms with E-state index in [1.165, 1.54) is 0 Å². The van der Waals surface area contributed by atoms with Crippen molar-refractivity contribution in [2.24, 2.45) is 0 Å². The van der Waals surface area contributed by atoms with Crippen molar-refractivity contribution in [2.45, 2.75) is 38.9 Å². The molecule has 2 atom stereocenters. The highest BCUT2D eigenvalue weighted by atomic mass is 16.6. The Morgan fingerprint density at radius 1 is 1.38 bits per heavy atom. The lowest BCUT2D eigenvalue weighted by molar-refractivity contribution is -0.170. The number of hydrogen-bond donors (Lipinski definition) is 1. The highest BCUT2D eigenvalue weighted by Crippen LogP contribution is 2.17. The van der Waals surface area contributed by atoms with E-state index in [1.807, 2.05) is 37.3 Å². The van der Waals surface area contributed by atoms with Crippen LogP contribution in [-0.4, -0.2) is 17.4 Å². The van der Waals surface area contributed by atoms with E-state index < -0.39 is 6.29 Å². The number of carbonyl (C=O) groups is 1. The molecule has 3 nitrogen and oxygen atoms in total. The topological polar surface area (TPSA) is 46.5 Å². The summed E-state index contributed by atoms with van der Waals surface area (Å²) in [6.07, 6.45) is 0.283. The molecule has 0 aliphatic rings. The molecule has 0 saturated heterocycles. The molecule has 0 bridgehead atoms. The second kappa shape index (κ2) is 6.28. The molecule has 0 heterocycles. The normalized spacial score (nSPS) is 14.2. The highest BCUT2D eigenvalue weighted by Gasteiger charge is 2.19. The fraction of sp³-hybridized carbons (Fsp3) is 0.462. The van der Waals surface area contributed by atoms with Gasteiger partial charge in [-0.05, 0) is 12.5 Å². The second-order valence-electron chi connectivity index (χ2n) is 3.81. The van der Waals surface area contributed by atoms with Gasteiger partial charge in [0.15, 0.2) is 0 Å². The van der Waals surface area contributed by atoms with E-state index in [0.717, 1.165) is 12.0 Å². The van der Waals surface area contributed by atoms with Gasteiger partial charge in [-0.2, -0.15) is 0 Å². The van der Waals surface area contributed by atoms with Crippen LogP contribution in [-0.2, 0) is 9.53 Å². The van der Waals surface area contributed by atoms with Crippen molar-refractivity contribution < 1.29 is 14.6 Å². The Kier molecular flexibility index (Phi) is 4.99. The Balaban J connectivity index is 2.55. The number of carbonyl (C=O) groups excluding carboxylic acids is 1. The molecule has 1 aromatic rings. The average Bonchev–Trinajstić information content (AvgIpc) is 2.29. The average molecular weight is 222 g/mol. The summed E-state index contributed by atoms with van der Waals surface area (Å²) in [5, 5.41) is 9.37. The van der Waals surface area contributed by atoms with Gasteiger partial charge in [0.05, 0.1) is 5.92 Å². The van der Waals surface area contributed by atoms with Crippen LogP contribution in [0.2, 0.25) is 0 Å². The summed E-state index contributed by atoms with van der Waals surface area (Å²) in [4.78, 5) is 11.6. The fourth-order valence-corrected chi connectivity index (χ4v) is 1.42. The van der Waals surface area contributed by atoms with Crippen molar-refractivity contribution in [1.82, 2.24) is 0 Å². The van der Waals surface area contributed by atoms with Crippen LogP contribution in [0.15, 0.2) is 30.3 Å². The second-order valence-corrected chi connectivity index (χ2v) is 3.81. The summed E-state index contributed by atoms with van der Waals surface area (Å²) in [5.41, 5.74) is 0.899. The van der Waals surface area contributed by atoms with Gasteiger partial charge in [-0.3, -0.25) is 4.79 Å². The van der Waals surface area contributed by atoms with Crippen molar-refractivity contribution in [2.75, 3.05) is 0 Å². The van der Waals surface area contributed by atoms with Gasteiger partial charge in [-0.1, -0.05) is 43.7 Å². The smallest absolute Gasteiger partial charge is 0.315 e.